The second-order valence-electron chi connectivity index (χ2n) is 3.24. The van der Waals surface area contributed by atoms with E-state index in [0.717, 1.165) is 0 Å². The zero-order chi connectivity index (χ0) is 10.6. The highest BCUT2D eigenvalue weighted by molar-refractivity contribution is 9.10. The molecule has 4 nitrogen and oxygen atoms in total. The number of alkyl halides is 1. The summed E-state index contributed by atoms with van der Waals surface area (Å²) in [6.45, 7) is 3.94. The van der Waals surface area contributed by atoms with E-state index in [1.807, 2.05) is 13.8 Å². The van der Waals surface area contributed by atoms with Gasteiger partial charge in [-0.05, 0) is 18.1 Å². The number of carbonyl (C=O) groups is 1. The largest absolute Gasteiger partial charge is 0.308 e. The Kier molecular flexibility index (Phi) is 4.00. The summed E-state index contributed by atoms with van der Waals surface area (Å²) in [6, 6.07) is 3.42. The number of anilines is 1. The van der Waals surface area contributed by atoms with Gasteiger partial charge in [0.25, 0.3) is 0 Å². The summed E-state index contributed by atoms with van der Waals surface area (Å²) in [7, 11) is 0. The molecule has 1 atom stereocenters. The van der Waals surface area contributed by atoms with Crippen LogP contribution in [0.15, 0.2) is 18.3 Å². The van der Waals surface area contributed by atoms with Crippen molar-refractivity contribution in [3.8, 4) is 0 Å². The molecule has 0 fully saturated rings. The van der Waals surface area contributed by atoms with Gasteiger partial charge >= 0.3 is 0 Å². The minimum atomic E-state index is -0.204. The minimum Gasteiger partial charge on any atom is -0.308 e. The van der Waals surface area contributed by atoms with E-state index in [1.165, 1.54) is 0 Å². The molecule has 1 aromatic heterocycles. The van der Waals surface area contributed by atoms with Crippen LogP contribution in [0.4, 0.5) is 5.82 Å². The Labute approximate surface area is 91.2 Å². The Morgan fingerprint density at radius 3 is 2.79 bits per heavy atom. The van der Waals surface area contributed by atoms with Crippen LogP contribution in [-0.2, 0) is 4.79 Å². The molecule has 0 saturated carbocycles. The fourth-order valence-corrected chi connectivity index (χ4v) is 0.981. The van der Waals surface area contributed by atoms with E-state index >= 15 is 0 Å². The summed E-state index contributed by atoms with van der Waals surface area (Å²) in [5.41, 5.74) is 0. The van der Waals surface area contributed by atoms with Gasteiger partial charge in [0.05, 0.1) is 4.83 Å². The predicted molar refractivity (Wildman–Crippen MR) is 58.2 cm³/mol. The Hall–Kier alpha value is -0.970. The average Bonchev–Trinajstić information content (AvgIpc) is 2.18. The third-order valence-electron chi connectivity index (χ3n) is 1.66. The van der Waals surface area contributed by atoms with Gasteiger partial charge < -0.3 is 5.32 Å². The van der Waals surface area contributed by atoms with Crippen LogP contribution in [-0.4, -0.2) is 20.9 Å². The van der Waals surface area contributed by atoms with Crippen LogP contribution in [0, 0.1) is 5.92 Å². The highest BCUT2D eigenvalue weighted by atomic mass is 79.9. The van der Waals surface area contributed by atoms with Gasteiger partial charge in [0.15, 0.2) is 5.82 Å². The molecule has 14 heavy (non-hydrogen) atoms. The van der Waals surface area contributed by atoms with E-state index in [1.54, 1.807) is 18.3 Å². The first-order chi connectivity index (χ1) is 6.61. The first-order valence-corrected chi connectivity index (χ1v) is 5.25. The number of hydrogen-bond donors (Lipinski definition) is 1. The lowest BCUT2D eigenvalue weighted by Crippen LogP contribution is -2.27. The maximum absolute atomic E-state index is 11.5. The van der Waals surface area contributed by atoms with Gasteiger partial charge in [-0.3, -0.25) is 4.79 Å². The molecule has 0 spiro atoms. The maximum atomic E-state index is 11.5. The lowest BCUT2D eigenvalue weighted by atomic mass is 10.1. The van der Waals surface area contributed by atoms with Gasteiger partial charge in [-0.15, -0.1) is 5.10 Å². The summed E-state index contributed by atoms with van der Waals surface area (Å²) < 4.78 is 0. The molecule has 0 aliphatic heterocycles. The molecule has 1 N–H and O–H groups in total. The average molecular weight is 258 g/mol. The first-order valence-electron chi connectivity index (χ1n) is 4.34. The molecular weight excluding hydrogens is 246 g/mol. The van der Waals surface area contributed by atoms with Crippen molar-refractivity contribution < 1.29 is 4.79 Å². The molecule has 1 amide bonds. The van der Waals surface area contributed by atoms with Crippen molar-refractivity contribution in [3.05, 3.63) is 18.3 Å². The molecule has 76 valence electrons. The molecule has 0 saturated heterocycles. The molecule has 0 radical (unpaired) electrons. The third kappa shape index (κ3) is 3.06. The lowest BCUT2D eigenvalue weighted by Gasteiger charge is -2.12. The molecule has 0 bridgehead atoms. The Bertz CT molecular complexity index is 302. The van der Waals surface area contributed by atoms with Gasteiger partial charge in [0, 0.05) is 6.20 Å². The fourth-order valence-electron chi connectivity index (χ4n) is 0.866. The SMILES string of the molecule is CC(C)C(Br)C(=O)Nc1cccnn1. The van der Waals surface area contributed by atoms with Crippen molar-refractivity contribution in [2.24, 2.45) is 5.92 Å². The number of nitrogens with zero attached hydrogens (tertiary/aromatic N) is 2. The van der Waals surface area contributed by atoms with Crippen molar-refractivity contribution in [3.63, 3.8) is 0 Å². The molecule has 5 heteroatoms. The smallest absolute Gasteiger partial charge is 0.239 e. The van der Waals surface area contributed by atoms with Crippen molar-refractivity contribution in [1.29, 1.82) is 0 Å². The predicted octanol–water partition coefficient (Wildman–Crippen LogP) is 1.83. The number of carbonyl (C=O) groups excluding carboxylic acids is 1. The molecule has 1 aromatic rings. The third-order valence-corrected chi connectivity index (χ3v) is 3.13. The van der Waals surface area contributed by atoms with Crippen molar-refractivity contribution in [2.75, 3.05) is 5.32 Å². The molecule has 0 aliphatic rings. The van der Waals surface area contributed by atoms with E-state index in [9.17, 15) is 4.79 Å². The summed E-state index contributed by atoms with van der Waals surface area (Å²) in [5.74, 6) is 0.620. The van der Waals surface area contributed by atoms with E-state index < -0.39 is 0 Å². The number of aromatic nitrogens is 2. The van der Waals surface area contributed by atoms with Gasteiger partial charge in [-0.2, -0.15) is 5.10 Å². The zero-order valence-corrected chi connectivity index (χ0v) is 9.65. The quantitative estimate of drug-likeness (QED) is 0.841. The summed E-state index contributed by atoms with van der Waals surface area (Å²) in [4.78, 5) is 11.3. The molecule has 1 heterocycles. The number of halogens is 1. The van der Waals surface area contributed by atoms with E-state index in [0.29, 0.717) is 5.82 Å². The lowest BCUT2D eigenvalue weighted by molar-refractivity contribution is -0.116. The van der Waals surface area contributed by atoms with E-state index in [2.05, 4.69) is 31.4 Å². The first kappa shape index (κ1) is 11.1. The van der Waals surface area contributed by atoms with Gasteiger partial charge in [-0.25, -0.2) is 0 Å². The Morgan fingerprint density at radius 1 is 1.57 bits per heavy atom. The van der Waals surface area contributed by atoms with Crippen molar-refractivity contribution >= 4 is 27.7 Å². The van der Waals surface area contributed by atoms with E-state index in [4.69, 9.17) is 0 Å². The summed E-state index contributed by atoms with van der Waals surface area (Å²) in [6.07, 6.45) is 1.56. The van der Waals surface area contributed by atoms with Crippen LogP contribution in [0.1, 0.15) is 13.8 Å². The number of amides is 1. The Balaban J connectivity index is 2.58. The molecule has 1 rings (SSSR count). The monoisotopic (exact) mass is 257 g/mol. The zero-order valence-electron chi connectivity index (χ0n) is 8.07. The fraction of sp³-hybridized carbons (Fsp3) is 0.444. The molecule has 0 aromatic carbocycles. The standard InChI is InChI=1S/C9H12BrN3O/c1-6(2)8(10)9(14)12-7-4-3-5-11-13-7/h3-6,8H,1-2H3,(H,12,13,14). The van der Waals surface area contributed by atoms with Crippen LogP contribution in [0.25, 0.3) is 0 Å². The highest BCUT2D eigenvalue weighted by Crippen LogP contribution is 2.13. The molecule has 1 unspecified atom stereocenters. The second-order valence-corrected chi connectivity index (χ2v) is 4.23. The van der Waals surface area contributed by atoms with Gasteiger partial charge in [0.2, 0.25) is 5.91 Å². The van der Waals surface area contributed by atoms with Crippen molar-refractivity contribution in [1.82, 2.24) is 10.2 Å². The van der Waals surface area contributed by atoms with Crippen molar-refractivity contribution in [2.45, 2.75) is 18.7 Å². The van der Waals surface area contributed by atoms with Crippen LogP contribution in [0.3, 0.4) is 0 Å². The van der Waals surface area contributed by atoms with Crippen LogP contribution in [0.5, 0.6) is 0 Å². The minimum absolute atomic E-state index is 0.0968. The maximum Gasteiger partial charge on any atom is 0.239 e. The Morgan fingerprint density at radius 2 is 2.29 bits per heavy atom. The van der Waals surface area contributed by atoms with E-state index in [-0.39, 0.29) is 16.7 Å². The number of nitrogens with one attached hydrogen (secondary N) is 1. The van der Waals surface area contributed by atoms with Crippen LogP contribution in [0.2, 0.25) is 0 Å². The summed E-state index contributed by atoms with van der Waals surface area (Å²) >= 11 is 3.30. The number of rotatable bonds is 3. The van der Waals surface area contributed by atoms with Gasteiger partial charge in [-0.1, -0.05) is 29.8 Å². The number of hydrogen-bond acceptors (Lipinski definition) is 3. The van der Waals surface area contributed by atoms with Gasteiger partial charge in [0.1, 0.15) is 0 Å². The summed E-state index contributed by atoms with van der Waals surface area (Å²) in [5, 5.41) is 10.1. The topological polar surface area (TPSA) is 54.9 Å². The highest BCUT2D eigenvalue weighted by Gasteiger charge is 2.18. The molecular formula is C9H12BrN3O. The van der Waals surface area contributed by atoms with Crippen LogP contribution >= 0.6 is 15.9 Å². The molecule has 0 aliphatic carbocycles. The van der Waals surface area contributed by atoms with Crippen LogP contribution < -0.4 is 5.32 Å². The normalized spacial score (nSPS) is 12.6. The second kappa shape index (κ2) is 5.05.